The first kappa shape index (κ1) is 36.1. The summed E-state index contributed by atoms with van der Waals surface area (Å²) in [4.78, 5) is 21.3. The van der Waals surface area contributed by atoms with E-state index in [1.807, 2.05) is 40.1 Å². The van der Waals surface area contributed by atoms with Crippen LogP contribution in [-0.2, 0) is 30.3 Å². The van der Waals surface area contributed by atoms with Gasteiger partial charge in [0.2, 0.25) is 0 Å². The number of carbonyl (C=O) groups is 1. The number of pyridine rings is 2. The molecule has 4 nitrogen and oxygen atoms in total. The Labute approximate surface area is 282 Å². The van der Waals surface area contributed by atoms with Gasteiger partial charge in [-0.2, -0.15) is 0 Å². The minimum absolute atomic E-state index is 0. The summed E-state index contributed by atoms with van der Waals surface area (Å²) in [7, 11) is 0. The third-order valence-electron chi connectivity index (χ3n) is 8.76. The van der Waals surface area contributed by atoms with Gasteiger partial charge in [0.1, 0.15) is 0 Å². The van der Waals surface area contributed by atoms with Gasteiger partial charge in [0.15, 0.2) is 5.78 Å². The second-order valence-electron chi connectivity index (χ2n) is 12.7. The van der Waals surface area contributed by atoms with Gasteiger partial charge in [0.25, 0.3) is 0 Å². The summed E-state index contributed by atoms with van der Waals surface area (Å²) in [5.74, 6) is 0.547. The molecule has 0 aliphatic rings. The molecule has 1 radical (unpaired) electrons. The van der Waals surface area contributed by atoms with E-state index in [1.54, 1.807) is 0 Å². The van der Waals surface area contributed by atoms with Gasteiger partial charge in [0.05, 0.1) is 11.3 Å². The minimum Gasteiger partial charge on any atom is -0.512 e. The van der Waals surface area contributed by atoms with Crippen LogP contribution in [0, 0.1) is 24.8 Å². The first-order chi connectivity index (χ1) is 21.0. The fraction of sp³-hybridized carbons (Fsp3) is 0.375. The van der Waals surface area contributed by atoms with Crippen LogP contribution in [0.3, 0.4) is 0 Å². The summed E-state index contributed by atoms with van der Waals surface area (Å²) >= 11 is 0. The molecule has 0 unspecified atom stereocenters. The van der Waals surface area contributed by atoms with Crippen molar-refractivity contribution in [3.8, 4) is 11.3 Å². The van der Waals surface area contributed by atoms with Crippen molar-refractivity contribution in [2.75, 3.05) is 0 Å². The maximum atomic E-state index is 11.7. The van der Waals surface area contributed by atoms with E-state index < -0.39 is 0 Å². The van der Waals surface area contributed by atoms with Gasteiger partial charge in [-0.25, -0.2) is 0 Å². The van der Waals surface area contributed by atoms with Crippen LogP contribution in [0.5, 0.6) is 0 Å². The molecule has 0 fully saturated rings. The Morgan fingerprint density at radius 2 is 1.49 bits per heavy atom. The number of aliphatic hydroxyl groups excluding tert-OH is 1. The molecule has 45 heavy (non-hydrogen) atoms. The molecule has 0 saturated carbocycles. The number of carbonyl (C=O) groups excluding carboxylic acids is 1. The second-order valence-corrected chi connectivity index (χ2v) is 12.7. The molecule has 2 heterocycles. The molecule has 0 aliphatic carbocycles. The van der Waals surface area contributed by atoms with Crippen molar-refractivity contribution in [1.29, 1.82) is 0 Å². The number of rotatable bonds is 8. The predicted molar refractivity (Wildman–Crippen MR) is 186 cm³/mol. The topological polar surface area (TPSA) is 63.1 Å². The number of aromatic nitrogens is 2. The SMILES string of the molecule is CCC(CC)C(=O)/C=C(\O)C(CC)CC.Cc1cccc2c1ncc1c(-c3[c-]c4ccccc4c(C(C)(C)C)c3)nccc12.[Ir]. The standard InChI is InChI=1S/C27H23N2.C13H24O2.Ir/c1-17-8-7-11-22-21-12-13-28-26(23(21)16-29-25(17)22)19-14-18-9-5-6-10-20(18)24(15-19)27(2,3)4;1-5-10(6-2)12(14)9-13(15)11(7-3)8-4;/h5-13,15-16H,1-4H3;9-11,14H,5-8H2,1-4H3;/q-1;;/b;12-9-;. The summed E-state index contributed by atoms with van der Waals surface area (Å²) in [5, 5.41) is 15.6. The van der Waals surface area contributed by atoms with E-state index in [0.29, 0.717) is 0 Å². The molecule has 3 aromatic carbocycles. The summed E-state index contributed by atoms with van der Waals surface area (Å²) in [5.41, 5.74) is 5.54. The van der Waals surface area contributed by atoms with Crippen molar-refractivity contribution < 1.29 is 30.0 Å². The van der Waals surface area contributed by atoms with Crippen molar-refractivity contribution >= 4 is 38.2 Å². The van der Waals surface area contributed by atoms with Crippen LogP contribution in [0.1, 0.15) is 85.3 Å². The van der Waals surface area contributed by atoms with Crippen molar-refractivity contribution in [2.45, 2.75) is 86.5 Å². The average molecular weight is 780 g/mol. The Bertz CT molecular complexity index is 1790. The number of para-hydroxylation sites is 1. The summed E-state index contributed by atoms with van der Waals surface area (Å²) < 4.78 is 0. The van der Waals surface area contributed by atoms with E-state index in [-0.39, 0.29) is 48.9 Å². The smallest absolute Gasteiger partial charge is 0.162 e. The molecule has 0 spiro atoms. The first-order valence-corrected chi connectivity index (χ1v) is 16.1. The zero-order chi connectivity index (χ0) is 32.0. The molecule has 239 valence electrons. The van der Waals surface area contributed by atoms with Gasteiger partial charge >= 0.3 is 0 Å². The molecular weight excluding hydrogens is 733 g/mol. The van der Waals surface area contributed by atoms with Gasteiger partial charge in [-0.05, 0) is 60.4 Å². The van der Waals surface area contributed by atoms with Crippen LogP contribution in [-0.4, -0.2) is 20.9 Å². The molecule has 0 aliphatic heterocycles. The van der Waals surface area contributed by atoms with E-state index >= 15 is 0 Å². The number of benzene rings is 3. The molecule has 5 rings (SSSR count). The van der Waals surface area contributed by atoms with Gasteiger partial charge in [-0.3, -0.25) is 14.8 Å². The Hall–Kier alpha value is -3.40. The van der Waals surface area contributed by atoms with Crippen LogP contribution in [0.15, 0.2) is 78.8 Å². The number of nitrogens with zero attached hydrogens (tertiary/aromatic N) is 2. The molecule has 0 atom stereocenters. The third-order valence-corrected chi connectivity index (χ3v) is 8.76. The molecule has 2 aromatic heterocycles. The van der Waals surface area contributed by atoms with E-state index in [0.717, 1.165) is 53.2 Å². The van der Waals surface area contributed by atoms with Gasteiger partial charge in [-0.15, -0.1) is 29.1 Å². The summed E-state index contributed by atoms with van der Waals surface area (Å²) in [6, 6.07) is 22.8. The Morgan fingerprint density at radius 1 is 0.844 bits per heavy atom. The maximum Gasteiger partial charge on any atom is 0.162 e. The number of hydrogen-bond donors (Lipinski definition) is 1. The van der Waals surface area contributed by atoms with Crippen molar-refractivity contribution in [2.24, 2.45) is 11.8 Å². The molecule has 0 bridgehead atoms. The van der Waals surface area contributed by atoms with Crippen LogP contribution in [0.25, 0.3) is 43.7 Å². The molecule has 0 saturated heterocycles. The van der Waals surface area contributed by atoms with E-state index in [9.17, 15) is 9.90 Å². The van der Waals surface area contributed by atoms with E-state index in [4.69, 9.17) is 9.97 Å². The zero-order valence-electron chi connectivity index (χ0n) is 28.0. The minimum atomic E-state index is 0. The monoisotopic (exact) mass is 780 g/mol. The van der Waals surface area contributed by atoms with Crippen molar-refractivity contribution in [3.63, 3.8) is 0 Å². The number of hydrogen-bond acceptors (Lipinski definition) is 4. The van der Waals surface area contributed by atoms with Gasteiger partial charge in [0, 0.05) is 61.5 Å². The predicted octanol–water partition coefficient (Wildman–Crippen LogP) is 10.9. The maximum absolute atomic E-state index is 11.7. The number of aryl methyl sites for hydroxylation is 1. The van der Waals surface area contributed by atoms with Crippen LogP contribution in [0.2, 0.25) is 0 Å². The van der Waals surface area contributed by atoms with E-state index in [1.165, 1.54) is 33.4 Å². The van der Waals surface area contributed by atoms with Crippen molar-refractivity contribution in [1.82, 2.24) is 9.97 Å². The Morgan fingerprint density at radius 3 is 2.13 bits per heavy atom. The quantitative estimate of drug-likeness (QED) is 0.0737. The Kier molecular flexibility index (Phi) is 12.6. The number of ketones is 1. The van der Waals surface area contributed by atoms with Crippen molar-refractivity contribution in [3.05, 3.63) is 96.0 Å². The fourth-order valence-corrected chi connectivity index (χ4v) is 5.99. The normalized spacial score (nSPS) is 12.0. The largest absolute Gasteiger partial charge is 0.512 e. The fourth-order valence-electron chi connectivity index (χ4n) is 5.99. The molecule has 5 aromatic rings. The first-order valence-electron chi connectivity index (χ1n) is 16.1. The average Bonchev–Trinajstić information content (AvgIpc) is 3.01. The number of fused-ring (bicyclic) bond motifs is 4. The van der Waals surface area contributed by atoms with Crippen LogP contribution >= 0.6 is 0 Å². The second kappa shape index (κ2) is 15.7. The summed E-state index contributed by atoms with van der Waals surface area (Å²) in [6.07, 6.45) is 8.77. The number of allylic oxidation sites excluding steroid dienone is 2. The van der Waals surface area contributed by atoms with E-state index in [2.05, 4.69) is 88.4 Å². The molecule has 0 amide bonds. The molecule has 1 N–H and O–H groups in total. The van der Waals surface area contributed by atoms with Gasteiger partial charge < -0.3 is 5.11 Å². The van der Waals surface area contributed by atoms with Gasteiger partial charge in [-0.1, -0.05) is 95.8 Å². The molecular formula is C40H47IrN2O2-. The van der Waals surface area contributed by atoms with Crippen LogP contribution in [0.4, 0.5) is 0 Å². The molecule has 5 heteroatoms. The zero-order valence-corrected chi connectivity index (χ0v) is 30.4. The number of aliphatic hydroxyl groups is 1. The Balaban J connectivity index is 0.000000297. The summed E-state index contributed by atoms with van der Waals surface area (Å²) in [6.45, 7) is 16.9. The third kappa shape index (κ3) is 8.07. The van der Waals surface area contributed by atoms with Crippen LogP contribution < -0.4 is 0 Å².